The van der Waals surface area contributed by atoms with Gasteiger partial charge in [-0.2, -0.15) is 0 Å². The van der Waals surface area contributed by atoms with E-state index in [4.69, 9.17) is 27.9 Å². The molecule has 1 aliphatic rings. The Morgan fingerprint density at radius 1 is 1.12 bits per heavy atom. The third kappa shape index (κ3) is 6.28. The maximum Gasteiger partial charge on any atom is 0.251 e. The molecule has 1 aromatic rings. The summed E-state index contributed by atoms with van der Waals surface area (Å²) >= 11 is 11.7. The molecule has 1 heterocycles. The number of benzene rings is 1. The standard InChI is InChI=1S/C16H21Cl2N3O3/c17-13-3-2-12(10-14(13)18)16(23)20-11-15(22)19-4-1-5-21-6-8-24-9-7-21/h2-3,10H,1,4-9,11H2,(H,19,22)(H,20,23). The zero-order chi connectivity index (χ0) is 17.4. The van der Waals surface area contributed by atoms with Crippen molar-refractivity contribution >= 4 is 35.0 Å². The molecular weight excluding hydrogens is 353 g/mol. The van der Waals surface area contributed by atoms with Crippen molar-refractivity contribution in [3.05, 3.63) is 33.8 Å². The molecule has 24 heavy (non-hydrogen) atoms. The Hall–Kier alpha value is -1.34. The van der Waals surface area contributed by atoms with Crippen LogP contribution >= 0.6 is 23.2 Å². The van der Waals surface area contributed by atoms with E-state index in [0.29, 0.717) is 22.2 Å². The smallest absolute Gasteiger partial charge is 0.251 e. The molecule has 0 bridgehead atoms. The fourth-order valence-corrected chi connectivity index (χ4v) is 2.62. The number of halogens is 2. The molecule has 0 atom stereocenters. The van der Waals surface area contributed by atoms with Gasteiger partial charge in [-0.05, 0) is 31.2 Å². The highest BCUT2D eigenvalue weighted by atomic mass is 35.5. The molecule has 0 spiro atoms. The van der Waals surface area contributed by atoms with E-state index in [9.17, 15) is 9.59 Å². The molecule has 2 amide bonds. The fraction of sp³-hybridized carbons (Fsp3) is 0.500. The maximum absolute atomic E-state index is 11.9. The number of hydrogen-bond acceptors (Lipinski definition) is 4. The molecule has 2 rings (SSSR count). The van der Waals surface area contributed by atoms with Crippen LogP contribution in [-0.4, -0.2) is 62.7 Å². The normalized spacial score (nSPS) is 15.1. The van der Waals surface area contributed by atoms with Crippen molar-refractivity contribution in [1.82, 2.24) is 15.5 Å². The van der Waals surface area contributed by atoms with Crippen molar-refractivity contribution in [3.63, 3.8) is 0 Å². The van der Waals surface area contributed by atoms with Crippen molar-refractivity contribution in [3.8, 4) is 0 Å². The van der Waals surface area contributed by atoms with Crippen molar-refractivity contribution in [2.24, 2.45) is 0 Å². The summed E-state index contributed by atoms with van der Waals surface area (Å²) in [4.78, 5) is 26.0. The van der Waals surface area contributed by atoms with Gasteiger partial charge >= 0.3 is 0 Å². The van der Waals surface area contributed by atoms with Gasteiger partial charge in [0.1, 0.15) is 0 Å². The minimum atomic E-state index is -0.364. The Labute approximate surface area is 151 Å². The first-order valence-corrected chi connectivity index (χ1v) is 8.62. The molecule has 8 heteroatoms. The number of carbonyl (C=O) groups is 2. The lowest BCUT2D eigenvalue weighted by molar-refractivity contribution is -0.120. The maximum atomic E-state index is 11.9. The zero-order valence-electron chi connectivity index (χ0n) is 13.3. The lowest BCUT2D eigenvalue weighted by Gasteiger charge is -2.26. The van der Waals surface area contributed by atoms with E-state index in [1.807, 2.05) is 0 Å². The van der Waals surface area contributed by atoms with Gasteiger partial charge in [-0.25, -0.2) is 0 Å². The second-order valence-electron chi connectivity index (χ2n) is 5.47. The molecule has 0 unspecified atom stereocenters. The predicted octanol–water partition coefficient (Wildman–Crippen LogP) is 1.56. The Bertz CT molecular complexity index is 578. The highest BCUT2D eigenvalue weighted by molar-refractivity contribution is 6.42. The summed E-state index contributed by atoms with van der Waals surface area (Å²) in [6, 6.07) is 4.58. The summed E-state index contributed by atoms with van der Waals surface area (Å²) < 4.78 is 5.28. The van der Waals surface area contributed by atoms with Crippen molar-refractivity contribution in [2.75, 3.05) is 45.9 Å². The van der Waals surface area contributed by atoms with Gasteiger partial charge in [0.05, 0.1) is 29.8 Å². The first kappa shape index (κ1) is 19.0. The SMILES string of the molecule is O=C(CNC(=O)c1ccc(Cl)c(Cl)c1)NCCCN1CCOCC1. The number of amides is 2. The number of morpholine rings is 1. The Morgan fingerprint density at radius 2 is 1.88 bits per heavy atom. The van der Waals surface area contributed by atoms with Gasteiger partial charge in [-0.15, -0.1) is 0 Å². The van der Waals surface area contributed by atoms with Gasteiger partial charge < -0.3 is 15.4 Å². The van der Waals surface area contributed by atoms with Crippen molar-refractivity contribution in [1.29, 1.82) is 0 Å². The van der Waals surface area contributed by atoms with Crippen LogP contribution in [0.15, 0.2) is 18.2 Å². The highest BCUT2D eigenvalue weighted by Gasteiger charge is 2.11. The van der Waals surface area contributed by atoms with E-state index >= 15 is 0 Å². The topological polar surface area (TPSA) is 70.7 Å². The van der Waals surface area contributed by atoms with Crippen LogP contribution < -0.4 is 10.6 Å². The molecule has 2 N–H and O–H groups in total. The number of hydrogen-bond donors (Lipinski definition) is 2. The van der Waals surface area contributed by atoms with E-state index in [1.54, 1.807) is 12.1 Å². The molecule has 6 nitrogen and oxygen atoms in total. The predicted molar refractivity (Wildman–Crippen MR) is 93.7 cm³/mol. The molecule has 1 saturated heterocycles. The summed E-state index contributed by atoms with van der Waals surface area (Å²) in [6.07, 6.45) is 0.868. The largest absolute Gasteiger partial charge is 0.379 e. The number of ether oxygens (including phenoxy) is 1. The number of nitrogens with one attached hydrogen (secondary N) is 2. The van der Waals surface area contributed by atoms with E-state index in [0.717, 1.165) is 39.3 Å². The van der Waals surface area contributed by atoms with E-state index in [1.165, 1.54) is 6.07 Å². The summed E-state index contributed by atoms with van der Waals surface area (Å²) in [7, 11) is 0. The molecule has 0 aliphatic carbocycles. The van der Waals surface area contributed by atoms with Crippen molar-refractivity contribution < 1.29 is 14.3 Å². The van der Waals surface area contributed by atoms with Crippen molar-refractivity contribution in [2.45, 2.75) is 6.42 Å². The zero-order valence-corrected chi connectivity index (χ0v) is 14.8. The number of nitrogens with zero attached hydrogens (tertiary/aromatic N) is 1. The highest BCUT2D eigenvalue weighted by Crippen LogP contribution is 2.22. The Morgan fingerprint density at radius 3 is 2.58 bits per heavy atom. The van der Waals surface area contributed by atoms with Crippen LogP contribution in [0, 0.1) is 0 Å². The summed E-state index contributed by atoms with van der Waals surface area (Å²) in [5.74, 6) is -0.581. The van der Waals surface area contributed by atoms with Crippen LogP contribution in [-0.2, 0) is 9.53 Å². The number of carbonyl (C=O) groups excluding carboxylic acids is 2. The summed E-state index contributed by atoms with van der Waals surface area (Å²) in [6.45, 7) is 4.86. The quantitative estimate of drug-likeness (QED) is 0.711. The molecule has 1 fully saturated rings. The molecule has 1 aliphatic heterocycles. The van der Waals surface area contributed by atoms with Crippen LogP contribution in [0.2, 0.25) is 10.0 Å². The molecular formula is C16H21Cl2N3O3. The first-order chi connectivity index (χ1) is 11.6. The van der Waals surface area contributed by atoms with Gasteiger partial charge in [-0.1, -0.05) is 23.2 Å². The van der Waals surface area contributed by atoms with Crippen LogP contribution in [0.3, 0.4) is 0 Å². The van der Waals surface area contributed by atoms with Crippen LogP contribution in [0.5, 0.6) is 0 Å². The Kier molecular flexibility index (Phi) is 7.78. The van der Waals surface area contributed by atoms with Gasteiger partial charge in [0.15, 0.2) is 0 Å². The lowest BCUT2D eigenvalue weighted by Crippen LogP contribution is -2.40. The molecule has 1 aromatic carbocycles. The third-order valence-corrected chi connectivity index (χ3v) is 4.41. The molecule has 0 aromatic heterocycles. The lowest BCUT2D eigenvalue weighted by atomic mass is 10.2. The Balaban J connectivity index is 1.61. The summed E-state index contributed by atoms with van der Waals surface area (Å²) in [5.41, 5.74) is 0.365. The van der Waals surface area contributed by atoms with Gasteiger partial charge in [0.25, 0.3) is 5.91 Å². The summed E-state index contributed by atoms with van der Waals surface area (Å²) in [5, 5.41) is 6.03. The van der Waals surface area contributed by atoms with E-state index < -0.39 is 0 Å². The molecule has 0 radical (unpaired) electrons. The first-order valence-electron chi connectivity index (χ1n) is 7.86. The fourth-order valence-electron chi connectivity index (χ4n) is 2.32. The van der Waals surface area contributed by atoms with Gasteiger partial charge in [0, 0.05) is 25.2 Å². The monoisotopic (exact) mass is 373 g/mol. The average molecular weight is 374 g/mol. The minimum absolute atomic E-state index is 0.0728. The van der Waals surface area contributed by atoms with Crippen LogP contribution in [0.4, 0.5) is 0 Å². The number of rotatable bonds is 7. The van der Waals surface area contributed by atoms with Gasteiger partial charge in [0.2, 0.25) is 5.91 Å². The average Bonchev–Trinajstić information content (AvgIpc) is 2.60. The van der Waals surface area contributed by atoms with E-state index in [-0.39, 0.29) is 18.4 Å². The second-order valence-corrected chi connectivity index (χ2v) is 6.28. The van der Waals surface area contributed by atoms with Gasteiger partial charge in [-0.3, -0.25) is 14.5 Å². The third-order valence-electron chi connectivity index (χ3n) is 3.67. The molecule has 132 valence electrons. The van der Waals surface area contributed by atoms with Crippen LogP contribution in [0.25, 0.3) is 0 Å². The minimum Gasteiger partial charge on any atom is -0.379 e. The van der Waals surface area contributed by atoms with E-state index in [2.05, 4.69) is 15.5 Å². The molecule has 0 saturated carbocycles. The second kappa shape index (κ2) is 9.84. The van der Waals surface area contributed by atoms with Crippen LogP contribution in [0.1, 0.15) is 16.8 Å².